The molecule has 2 atom stereocenters. The van der Waals surface area contributed by atoms with Crippen molar-refractivity contribution in [3.63, 3.8) is 0 Å². The number of nitrogens with zero attached hydrogens (tertiary/aromatic N) is 12. The van der Waals surface area contributed by atoms with Crippen molar-refractivity contribution in [3.05, 3.63) is 301 Å². The van der Waals surface area contributed by atoms with Crippen molar-refractivity contribution >= 4 is 47.3 Å². The lowest BCUT2D eigenvalue weighted by Gasteiger charge is -2.41. The normalized spacial score (nSPS) is 15.4. The van der Waals surface area contributed by atoms with Gasteiger partial charge in [-0.2, -0.15) is 0 Å². The molecule has 4 aromatic carbocycles. The first-order valence-electron chi connectivity index (χ1n) is 46.7. The number of nitrogens with one attached hydrogen (secondary N) is 4. The van der Waals surface area contributed by atoms with Gasteiger partial charge in [0.25, 0.3) is 47.3 Å². The third-order valence-electron chi connectivity index (χ3n) is 23.9. The number of aromatic hydroxyl groups is 4. The summed E-state index contributed by atoms with van der Waals surface area (Å²) in [5.41, 5.74) is -7.06. The number of furan rings is 2. The fraction of sp³-hybridized carbons (Fsp3) is 0.388. The van der Waals surface area contributed by atoms with Crippen LogP contribution < -0.4 is 63.0 Å². The van der Waals surface area contributed by atoms with Crippen molar-refractivity contribution in [1.82, 2.24) is 59.6 Å². The molecule has 0 bridgehead atoms. The average Bonchev–Trinajstić information content (AvgIpc) is 1.60. The molecule has 0 aliphatic carbocycles. The predicted molar refractivity (Wildman–Crippen MR) is 505 cm³/mol. The second kappa shape index (κ2) is 50.9. The van der Waals surface area contributed by atoms with E-state index in [0.29, 0.717) is 134 Å². The Morgan fingerprint density at radius 2 is 0.748 bits per heavy atom. The van der Waals surface area contributed by atoms with Gasteiger partial charge in [0.15, 0.2) is 45.8 Å². The Balaban J connectivity index is 0.000000164. The Morgan fingerprint density at radius 3 is 1.07 bits per heavy atom. The summed E-state index contributed by atoms with van der Waals surface area (Å²) in [5, 5.41) is 59.1. The third kappa shape index (κ3) is 26.8. The molecule has 41 nitrogen and oxygen atoms in total. The molecule has 147 heavy (non-hydrogen) atoms. The van der Waals surface area contributed by atoms with Crippen LogP contribution in [0.3, 0.4) is 0 Å². The van der Waals surface area contributed by atoms with Gasteiger partial charge >= 0.3 is 0 Å². The molecule has 6 aliphatic heterocycles. The van der Waals surface area contributed by atoms with Gasteiger partial charge in [-0.05, 0) is 87.6 Å². The first kappa shape index (κ1) is 109. The number of benzene rings is 4. The standard InChI is InChI=1S/C26H28F2N4O6.C25H26F2N4O6.C24H28F2N4O6.C23H26F2N4O7/c1-2-9-37-10-4-8-30-16-31(14-19-5-3-11-38-19)32-15-20(23(33)24(34)22(32)26(30)36)25(35)29-13-17-6-7-18(27)12-21(17)28;1-2-36-9-4-8-29-15-30(13-18-5-3-10-37-18)31-14-19(22(32)23(33)21(31)25(29)35)24(34)28-12-16-6-7-17(26)11-20(16)27;1-35-8-6-29-14-28(11-15-3-2-7-36-13-15)24(34)20-22(32)21(31)18(12-30(20)29)23(33)27-10-16-4-5-17(25)9-19(16)26;1-34-5-4-28-13-27(10-16-12-35-6-7-36-16)23(33)19-21(31)20(30)17(11-29(19)28)22(32)26-9-14-2-3-15(24)8-18(14)25/h3,5-7,11-12,15,34H,2,4,8-10,13-14,16H2,1H3,(H,29,35);3,5-7,10-11,14,33H,2,4,8-9,12-13,15H2,1H3,(H,28,34);4-5,9,12,15,32H,2-3,6-8,10-11,13-14H2,1H3,(H,27,33);2-3,8,11,16,31H,4-7,9-10,12-13H2,1H3,(H,26,32). The first-order valence-corrected chi connectivity index (χ1v) is 46.7. The molecule has 0 spiro atoms. The summed E-state index contributed by atoms with van der Waals surface area (Å²) >= 11 is 0. The largest absolute Gasteiger partial charge is 0.502 e. The molecule has 786 valence electrons. The molecule has 0 radical (unpaired) electrons. The van der Waals surface area contributed by atoms with Crippen molar-refractivity contribution in [1.29, 1.82) is 0 Å². The number of pyridine rings is 4. The van der Waals surface area contributed by atoms with Gasteiger partial charge in [0, 0.05) is 170 Å². The monoisotopic (exact) mass is 2060 g/mol. The number of methoxy groups -OCH3 is 2. The van der Waals surface area contributed by atoms with E-state index in [1.807, 2.05) is 13.8 Å². The lowest BCUT2D eigenvalue weighted by molar-refractivity contribution is -0.0955. The molecule has 2 unspecified atom stereocenters. The number of hydrogen-bond acceptors (Lipinski definition) is 29. The van der Waals surface area contributed by atoms with Gasteiger partial charge in [0.1, 0.15) is 107 Å². The third-order valence-corrected chi connectivity index (χ3v) is 23.9. The lowest BCUT2D eigenvalue weighted by Crippen LogP contribution is -2.57. The van der Waals surface area contributed by atoms with Crippen LogP contribution in [-0.2, 0) is 72.4 Å². The van der Waals surface area contributed by atoms with Crippen molar-refractivity contribution in [2.24, 2.45) is 5.92 Å². The molecular formula is C98H108F8N16O25. The fourth-order valence-corrected chi connectivity index (χ4v) is 16.4. The molecule has 8 amide bonds. The number of hydrogen-bond donors (Lipinski definition) is 8. The number of aromatic nitrogens is 4. The number of rotatable bonds is 37. The number of ether oxygens (including phenoxy) is 7. The zero-order valence-electron chi connectivity index (χ0n) is 80.2. The van der Waals surface area contributed by atoms with E-state index in [-0.39, 0.29) is 149 Å². The van der Waals surface area contributed by atoms with Crippen molar-refractivity contribution in [2.45, 2.75) is 91.3 Å². The molecule has 2 saturated heterocycles. The van der Waals surface area contributed by atoms with E-state index in [1.165, 1.54) is 90.6 Å². The summed E-state index contributed by atoms with van der Waals surface area (Å²) in [7, 11) is 3.01. The van der Waals surface area contributed by atoms with Gasteiger partial charge < -0.3 is 103 Å². The van der Waals surface area contributed by atoms with Crippen LogP contribution in [0.5, 0.6) is 23.0 Å². The molecule has 49 heteroatoms. The highest BCUT2D eigenvalue weighted by atomic mass is 19.2. The van der Waals surface area contributed by atoms with Gasteiger partial charge in [-0.25, -0.2) is 35.1 Å². The van der Waals surface area contributed by atoms with Crippen molar-refractivity contribution < 1.29 is 136 Å². The predicted octanol–water partition coefficient (Wildman–Crippen LogP) is 6.42. The topological polar surface area (TPSA) is 470 Å². The van der Waals surface area contributed by atoms with Gasteiger partial charge in [-0.3, -0.25) is 96.3 Å². The number of amides is 8. The molecule has 2 fully saturated rings. The van der Waals surface area contributed by atoms with Crippen LogP contribution in [0.2, 0.25) is 0 Å². The molecule has 16 rings (SSSR count). The molecular weight excluding hydrogens is 1950 g/mol. The minimum Gasteiger partial charge on any atom is -0.502 e. The Bertz CT molecular complexity index is 6480. The van der Waals surface area contributed by atoms with Crippen LogP contribution in [0.15, 0.2) is 162 Å². The van der Waals surface area contributed by atoms with E-state index >= 15 is 0 Å². The van der Waals surface area contributed by atoms with Crippen LogP contribution in [0.25, 0.3) is 0 Å². The Kier molecular flexibility index (Phi) is 37.7. The minimum atomic E-state index is -1.06. The fourth-order valence-electron chi connectivity index (χ4n) is 16.4. The summed E-state index contributed by atoms with van der Waals surface area (Å²) in [5.74, 6) is -14.7. The highest BCUT2D eigenvalue weighted by Crippen LogP contribution is 2.31. The minimum absolute atomic E-state index is 0.00786. The van der Waals surface area contributed by atoms with Crippen LogP contribution >= 0.6 is 0 Å². The highest BCUT2D eigenvalue weighted by Gasteiger charge is 2.42. The van der Waals surface area contributed by atoms with Gasteiger partial charge in [0.05, 0.1) is 91.0 Å². The Hall–Kier alpha value is -15.4. The Labute approximate surface area is 832 Å². The second-order valence-electron chi connectivity index (χ2n) is 34.2. The first-order chi connectivity index (χ1) is 70.7. The van der Waals surface area contributed by atoms with Crippen LogP contribution in [0.4, 0.5) is 35.1 Å². The molecule has 12 heterocycles. The number of carbonyl (C=O) groups excluding carboxylic acids is 8. The SMILES string of the molecule is CCCOCCCN1CN(Cc2ccco2)n2cc(C(=O)NCc3ccc(F)cc3F)c(=O)c(O)c2C1=O.CCOCCCN1CN(Cc2ccco2)n2cc(C(=O)NCc3ccc(F)cc3F)c(=O)c(O)c2C1=O.COCCN1CN(CC2CCCOC2)C(=O)c2c(O)c(=O)c(C(=O)NCc3ccc(F)cc3F)cn21.COCCN1CN(CC2COCCO2)C(=O)c2c(O)c(=O)c(C(=O)NCc3ccc(F)cc3F)cn21. The molecule has 6 aliphatic rings. The van der Waals surface area contributed by atoms with E-state index < -0.39 is 161 Å². The zero-order chi connectivity index (χ0) is 105. The van der Waals surface area contributed by atoms with E-state index in [9.17, 15) is 113 Å². The number of fused-ring (bicyclic) bond motifs is 4. The number of halogens is 8. The molecule has 10 aromatic rings. The molecule has 6 aromatic heterocycles. The summed E-state index contributed by atoms with van der Waals surface area (Å²) in [6, 6.07) is 18.5. The van der Waals surface area contributed by atoms with Gasteiger partial charge in [-0.15, -0.1) is 0 Å². The average molecular weight is 2060 g/mol. The van der Waals surface area contributed by atoms with Crippen molar-refractivity contribution in [2.75, 3.05) is 173 Å². The van der Waals surface area contributed by atoms with E-state index in [1.54, 1.807) is 49.2 Å². The zero-order valence-corrected chi connectivity index (χ0v) is 80.2. The maximum Gasteiger partial charge on any atom is 0.277 e. The van der Waals surface area contributed by atoms with Crippen molar-refractivity contribution in [3.8, 4) is 23.0 Å². The van der Waals surface area contributed by atoms with Crippen LogP contribution in [-0.4, -0.2) is 265 Å². The smallest absolute Gasteiger partial charge is 0.277 e. The molecule has 8 N–H and O–H groups in total. The quantitative estimate of drug-likeness (QED) is 0.0154. The summed E-state index contributed by atoms with van der Waals surface area (Å²) < 4.78 is 162. The van der Waals surface area contributed by atoms with Gasteiger partial charge in [-0.1, -0.05) is 31.2 Å². The van der Waals surface area contributed by atoms with E-state index in [0.717, 1.165) is 62.1 Å². The maximum absolute atomic E-state index is 14.0. The summed E-state index contributed by atoms with van der Waals surface area (Å²) in [6.07, 6.45) is 11.0. The second-order valence-corrected chi connectivity index (χ2v) is 34.2. The highest BCUT2D eigenvalue weighted by molar-refractivity contribution is 6.02. The van der Waals surface area contributed by atoms with Gasteiger partial charge in [0.2, 0.25) is 21.7 Å². The van der Waals surface area contributed by atoms with E-state index in [4.69, 9.17) is 42.0 Å². The molecule has 0 saturated carbocycles. The lowest BCUT2D eigenvalue weighted by atomic mass is 10.0. The Morgan fingerprint density at radius 1 is 0.401 bits per heavy atom. The maximum atomic E-state index is 14.0. The summed E-state index contributed by atoms with van der Waals surface area (Å²) in [6.45, 7) is 9.98. The van der Waals surface area contributed by atoms with E-state index in [2.05, 4.69) is 21.3 Å². The number of carbonyl (C=O) groups is 8. The van der Waals surface area contributed by atoms with Crippen LogP contribution in [0.1, 0.15) is 163 Å². The summed E-state index contributed by atoms with van der Waals surface area (Å²) in [4.78, 5) is 162. The van der Waals surface area contributed by atoms with Crippen LogP contribution in [0, 0.1) is 52.5 Å².